The number of carbonyl (C=O) groups excluding carboxylic acids is 1. The molecule has 1 amide bonds. The fraction of sp³-hybridized carbons (Fsp3) is 0.533. The highest BCUT2D eigenvalue weighted by Crippen LogP contribution is 2.29. The van der Waals surface area contributed by atoms with Gasteiger partial charge < -0.3 is 15.8 Å². The molecule has 0 fully saturated rings. The van der Waals surface area contributed by atoms with Crippen molar-refractivity contribution in [2.24, 2.45) is 5.73 Å². The van der Waals surface area contributed by atoms with Gasteiger partial charge in [0.15, 0.2) is 0 Å². The van der Waals surface area contributed by atoms with Crippen LogP contribution in [0.5, 0.6) is 5.75 Å². The number of nitrogens with one attached hydrogen (secondary N) is 1. The van der Waals surface area contributed by atoms with Crippen molar-refractivity contribution in [2.75, 3.05) is 13.7 Å². The Bertz CT molecular complexity index is 436. The van der Waals surface area contributed by atoms with E-state index in [9.17, 15) is 4.79 Å². The topological polar surface area (TPSA) is 64.3 Å². The Balaban J connectivity index is 2.65. The highest BCUT2D eigenvalue weighted by molar-refractivity contribution is 7.99. The zero-order chi connectivity index (χ0) is 15.2. The Labute approximate surface area is 125 Å². The van der Waals surface area contributed by atoms with Crippen molar-refractivity contribution in [3.63, 3.8) is 0 Å². The van der Waals surface area contributed by atoms with E-state index in [-0.39, 0.29) is 11.2 Å². The molecular formula is C15H24N2O2S. The first kappa shape index (κ1) is 16.9. The molecule has 20 heavy (non-hydrogen) atoms. The lowest BCUT2D eigenvalue weighted by Crippen LogP contribution is -2.54. The molecule has 1 aromatic rings. The van der Waals surface area contributed by atoms with Gasteiger partial charge in [0.2, 0.25) is 5.91 Å². The first-order valence-corrected chi connectivity index (χ1v) is 7.65. The van der Waals surface area contributed by atoms with Gasteiger partial charge in [0, 0.05) is 10.1 Å². The molecule has 0 aliphatic rings. The van der Waals surface area contributed by atoms with E-state index in [0.29, 0.717) is 6.42 Å². The number of amides is 1. The lowest BCUT2D eigenvalue weighted by atomic mass is 9.95. The van der Waals surface area contributed by atoms with Crippen LogP contribution < -0.4 is 15.8 Å². The van der Waals surface area contributed by atoms with Crippen molar-refractivity contribution in [3.8, 4) is 5.75 Å². The van der Waals surface area contributed by atoms with Gasteiger partial charge in [0.05, 0.1) is 12.6 Å². The SMILES string of the molecule is CCNC(C)(CC(C)Sc1ccc(OC)cc1)C(N)=O. The van der Waals surface area contributed by atoms with Gasteiger partial charge in [0.1, 0.15) is 5.75 Å². The van der Waals surface area contributed by atoms with Crippen LogP contribution in [0, 0.1) is 0 Å². The predicted octanol–water partition coefficient (Wildman–Crippen LogP) is 2.42. The molecule has 1 aromatic carbocycles. The second kappa shape index (κ2) is 7.55. The van der Waals surface area contributed by atoms with Crippen molar-refractivity contribution in [1.82, 2.24) is 5.32 Å². The molecule has 2 atom stereocenters. The average molecular weight is 296 g/mol. The summed E-state index contributed by atoms with van der Waals surface area (Å²) in [4.78, 5) is 12.8. The van der Waals surface area contributed by atoms with Crippen LogP contribution in [0.25, 0.3) is 0 Å². The fourth-order valence-electron chi connectivity index (χ4n) is 2.15. The molecule has 0 radical (unpaired) electrons. The summed E-state index contributed by atoms with van der Waals surface area (Å²) < 4.78 is 5.14. The Kier molecular flexibility index (Phi) is 6.36. The summed E-state index contributed by atoms with van der Waals surface area (Å²) in [5.41, 5.74) is 4.85. The zero-order valence-corrected chi connectivity index (χ0v) is 13.4. The molecule has 0 saturated heterocycles. The summed E-state index contributed by atoms with van der Waals surface area (Å²) in [7, 11) is 1.65. The van der Waals surface area contributed by atoms with E-state index in [1.807, 2.05) is 38.1 Å². The Morgan fingerprint density at radius 3 is 2.50 bits per heavy atom. The number of primary amides is 1. The van der Waals surface area contributed by atoms with Crippen LogP contribution in [0.1, 0.15) is 27.2 Å². The summed E-state index contributed by atoms with van der Waals surface area (Å²) in [5.74, 6) is 0.540. The molecule has 0 heterocycles. The van der Waals surface area contributed by atoms with Crippen LogP contribution in [0.3, 0.4) is 0 Å². The smallest absolute Gasteiger partial charge is 0.237 e. The lowest BCUT2D eigenvalue weighted by molar-refractivity contribution is -0.124. The van der Waals surface area contributed by atoms with Gasteiger partial charge in [0.25, 0.3) is 0 Å². The second-order valence-corrected chi connectivity index (χ2v) is 6.55. The number of hydrogen-bond acceptors (Lipinski definition) is 4. The van der Waals surface area contributed by atoms with E-state index in [0.717, 1.165) is 17.2 Å². The molecule has 0 saturated carbocycles. The molecule has 5 heteroatoms. The van der Waals surface area contributed by atoms with Crippen LogP contribution in [-0.4, -0.2) is 30.4 Å². The Morgan fingerprint density at radius 2 is 2.05 bits per heavy atom. The zero-order valence-electron chi connectivity index (χ0n) is 12.6. The summed E-state index contributed by atoms with van der Waals surface area (Å²) in [6.45, 7) is 6.67. The maximum absolute atomic E-state index is 11.6. The number of ether oxygens (including phenoxy) is 1. The Morgan fingerprint density at radius 1 is 1.45 bits per heavy atom. The summed E-state index contributed by atoms with van der Waals surface area (Å²) >= 11 is 1.73. The number of nitrogens with two attached hydrogens (primary N) is 1. The third-order valence-electron chi connectivity index (χ3n) is 3.20. The number of carbonyl (C=O) groups is 1. The molecule has 0 aliphatic heterocycles. The summed E-state index contributed by atoms with van der Waals surface area (Å²) in [6.07, 6.45) is 0.687. The average Bonchev–Trinajstić information content (AvgIpc) is 2.39. The number of benzene rings is 1. The van der Waals surface area contributed by atoms with Crippen LogP contribution >= 0.6 is 11.8 Å². The van der Waals surface area contributed by atoms with E-state index in [1.165, 1.54) is 0 Å². The van der Waals surface area contributed by atoms with Crippen LogP contribution in [0.15, 0.2) is 29.2 Å². The van der Waals surface area contributed by atoms with Crippen molar-refractivity contribution in [2.45, 2.75) is 42.9 Å². The van der Waals surface area contributed by atoms with Crippen molar-refractivity contribution >= 4 is 17.7 Å². The molecule has 112 valence electrons. The van der Waals surface area contributed by atoms with Crippen molar-refractivity contribution in [3.05, 3.63) is 24.3 Å². The number of methoxy groups -OCH3 is 1. The predicted molar refractivity (Wildman–Crippen MR) is 84.2 cm³/mol. The summed E-state index contributed by atoms with van der Waals surface area (Å²) in [6, 6.07) is 7.92. The molecular weight excluding hydrogens is 272 g/mol. The summed E-state index contributed by atoms with van der Waals surface area (Å²) in [5, 5.41) is 3.46. The normalized spacial score (nSPS) is 15.4. The lowest BCUT2D eigenvalue weighted by Gasteiger charge is -2.29. The number of likely N-dealkylation sites (N-methyl/N-ethyl adjacent to an activating group) is 1. The molecule has 0 aliphatic carbocycles. The van der Waals surface area contributed by atoms with Gasteiger partial charge in [-0.15, -0.1) is 11.8 Å². The van der Waals surface area contributed by atoms with Crippen LogP contribution in [-0.2, 0) is 4.79 Å². The molecule has 1 rings (SSSR count). The minimum Gasteiger partial charge on any atom is -0.497 e. The molecule has 2 unspecified atom stereocenters. The maximum atomic E-state index is 11.6. The quantitative estimate of drug-likeness (QED) is 0.723. The Hall–Kier alpha value is -1.20. The largest absolute Gasteiger partial charge is 0.497 e. The standard InChI is InChI=1S/C15H24N2O2S/c1-5-17-15(3,14(16)18)10-11(2)20-13-8-6-12(19-4)7-9-13/h6-9,11,17H,5,10H2,1-4H3,(H2,16,18). The molecule has 4 nitrogen and oxygen atoms in total. The van der Waals surface area contributed by atoms with E-state index < -0.39 is 5.54 Å². The molecule has 0 bridgehead atoms. The highest BCUT2D eigenvalue weighted by atomic mass is 32.2. The first-order chi connectivity index (χ1) is 9.41. The first-order valence-electron chi connectivity index (χ1n) is 6.77. The van der Waals surface area contributed by atoms with E-state index in [4.69, 9.17) is 10.5 Å². The maximum Gasteiger partial charge on any atom is 0.237 e. The van der Waals surface area contributed by atoms with Gasteiger partial charge >= 0.3 is 0 Å². The van der Waals surface area contributed by atoms with Gasteiger partial charge in [-0.3, -0.25) is 4.79 Å². The minimum atomic E-state index is -0.659. The fourth-order valence-corrected chi connectivity index (χ4v) is 3.33. The third-order valence-corrected chi connectivity index (χ3v) is 4.32. The number of hydrogen-bond donors (Lipinski definition) is 2. The van der Waals surface area contributed by atoms with E-state index >= 15 is 0 Å². The third kappa shape index (κ3) is 4.72. The number of thioether (sulfide) groups is 1. The monoisotopic (exact) mass is 296 g/mol. The van der Waals surface area contributed by atoms with Gasteiger partial charge in [-0.2, -0.15) is 0 Å². The van der Waals surface area contributed by atoms with Crippen molar-refractivity contribution in [1.29, 1.82) is 0 Å². The van der Waals surface area contributed by atoms with Gasteiger partial charge in [-0.05, 0) is 44.2 Å². The highest BCUT2D eigenvalue weighted by Gasteiger charge is 2.31. The van der Waals surface area contributed by atoms with Gasteiger partial charge in [-0.25, -0.2) is 0 Å². The number of rotatable bonds is 8. The van der Waals surface area contributed by atoms with Crippen molar-refractivity contribution < 1.29 is 9.53 Å². The van der Waals surface area contributed by atoms with E-state index in [1.54, 1.807) is 18.9 Å². The van der Waals surface area contributed by atoms with Gasteiger partial charge in [-0.1, -0.05) is 13.8 Å². The minimum absolute atomic E-state index is 0.278. The molecule has 0 spiro atoms. The molecule has 3 N–H and O–H groups in total. The molecule has 0 aromatic heterocycles. The van der Waals surface area contributed by atoms with Crippen LogP contribution in [0.4, 0.5) is 0 Å². The van der Waals surface area contributed by atoms with E-state index in [2.05, 4.69) is 12.2 Å². The van der Waals surface area contributed by atoms with Crippen LogP contribution in [0.2, 0.25) is 0 Å². The second-order valence-electron chi connectivity index (χ2n) is 5.03.